The molecule has 0 bridgehead atoms. The lowest BCUT2D eigenvalue weighted by Gasteiger charge is -2.39. The Bertz CT molecular complexity index is 432. The van der Waals surface area contributed by atoms with Crippen molar-refractivity contribution in [1.82, 2.24) is 4.98 Å². The van der Waals surface area contributed by atoms with E-state index in [1.54, 1.807) is 6.20 Å². The summed E-state index contributed by atoms with van der Waals surface area (Å²) in [6, 6.07) is 4.10. The lowest BCUT2D eigenvalue weighted by Crippen LogP contribution is -2.43. The summed E-state index contributed by atoms with van der Waals surface area (Å²) in [4.78, 5) is 6.24. The number of nitrogens with two attached hydrogens (primary N) is 1. The molecule has 0 atom stereocenters. The third kappa shape index (κ3) is 2.38. The van der Waals surface area contributed by atoms with E-state index in [1.165, 1.54) is 6.42 Å². The molecule has 18 heavy (non-hydrogen) atoms. The van der Waals surface area contributed by atoms with Gasteiger partial charge in [-0.2, -0.15) is 0 Å². The Morgan fingerprint density at radius 1 is 1.56 bits per heavy atom. The summed E-state index contributed by atoms with van der Waals surface area (Å²) in [5.41, 5.74) is 6.91. The molecule has 0 saturated heterocycles. The largest absolute Gasteiger partial charge is 0.409 e. The van der Waals surface area contributed by atoms with E-state index in [9.17, 15) is 5.11 Å². The smallest absolute Gasteiger partial charge is 0.190 e. The summed E-state index contributed by atoms with van der Waals surface area (Å²) in [6.07, 6.45) is 5.01. The molecule has 1 aliphatic carbocycles. The second kappa shape index (κ2) is 5.68. The Hall–Kier alpha value is -1.82. The molecule has 1 aromatic heterocycles. The van der Waals surface area contributed by atoms with Crippen molar-refractivity contribution in [3.8, 4) is 0 Å². The van der Waals surface area contributed by atoms with Gasteiger partial charge >= 0.3 is 0 Å². The van der Waals surface area contributed by atoms with Crippen LogP contribution in [0.5, 0.6) is 0 Å². The van der Waals surface area contributed by atoms with Crippen molar-refractivity contribution >= 4 is 11.5 Å². The Morgan fingerprint density at radius 2 is 2.33 bits per heavy atom. The maximum atomic E-state index is 9.18. The topological polar surface area (TPSA) is 95.0 Å². The van der Waals surface area contributed by atoms with Gasteiger partial charge in [0.15, 0.2) is 5.84 Å². The van der Waals surface area contributed by atoms with E-state index in [2.05, 4.69) is 15.0 Å². The van der Waals surface area contributed by atoms with Crippen LogP contribution in [0.25, 0.3) is 0 Å². The van der Waals surface area contributed by atoms with Gasteiger partial charge in [0.05, 0.1) is 12.3 Å². The first-order valence-corrected chi connectivity index (χ1v) is 6.08. The second-order valence-corrected chi connectivity index (χ2v) is 4.36. The third-order valence-electron chi connectivity index (χ3n) is 3.30. The fourth-order valence-corrected chi connectivity index (χ4v) is 2.18. The van der Waals surface area contributed by atoms with Gasteiger partial charge < -0.3 is 20.9 Å². The van der Waals surface area contributed by atoms with Gasteiger partial charge in [0.25, 0.3) is 0 Å². The lowest BCUT2D eigenvalue weighted by atomic mass is 9.91. The number of aliphatic hydroxyl groups excluding tert-OH is 1. The highest BCUT2D eigenvalue weighted by atomic mass is 16.4. The second-order valence-electron chi connectivity index (χ2n) is 4.36. The predicted molar refractivity (Wildman–Crippen MR) is 68.8 cm³/mol. The first-order chi connectivity index (χ1) is 8.77. The zero-order valence-electron chi connectivity index (χ0n) is 10.2. The van der Waals surface area contributed by atoms with E-state index in [4.69, 9.17) is 10.9 Å². The fourth-order valence-electron chi connectivity index (χ4n) is 2.18. The molecule has 2 rings (SSSR count). The van der Waals surface area contributed by atoms with Crippen molar-refractivity contribution in [3.05, 3.63) is 24.0 Å². The summed E-state index contributed by atoms with van der Waals surface area (Å²) in [6.45, 7) is 0.600. The van der Waals surface area contributed by atoms with Gasteiger partial charge in [-0.1, -0.05) is 5.16 Å². The van der Waals surface area contributed by atoms with Crippen molar-refractivity contribution in [2.24, 2.45) is 10.9 Å². The van der Waals surface area contributed by atoms with Crippen LogP contribution in [-0.2, 0) is 0 Å². The van der Waals surface area contributed by atoms with E-state index < -0.39 is 0 Å². The lowest BCUT2D eigenvalue weighted by molar-refractivity contribution is 0.283. The molecule has 0 radical (unpaired) electrons. The van der Waals surface area contributed by atoms with E-state index in [0.29, 0.717) is 18.3 Å². The van der Waals surface area contributed by atoms with Crippen molar-refractivity contribution in [2.45, 2.75) is 25.3 Å². The molecule has 0 aromatic carbocycles. The fraction of sp³-hybridized carbons (Fsp3) is 0.500. The maximum Gasteiger partial charge on any atom is 0.190 e. The van der Waals surface area contributed by atoms with Crippen LogP contribution >= 0.6 is 0 Å². The number of amidine groups is 1. The van der Waals surface area contributed by atoms with Crippen LogP contribution in [0.2, 0.25) is 0 Å². The Kier molecular flexibility index (Phi) is 3.99. The standard InChI is InChI=1S/C12H18N4O2/c13-12(15-18)11-10(5-2-6-14-11)16(7-8-17)9-3-1-4-9/h2,5-6,9,17-18H,1,3-4,7-8H2,(H2,13,15). The molecule has 98 valence electrons. The first-order valence-electron chi connectivity index (χ1n) is 6.08. The van der Waals surface area contributed by atoms with E-state index in [0.717, 1.165) is 18.5 Å². The van der Waals surface area contributed by atoms with E-state index in [-0.39, 0.29) is 12.4 Å². The number of pyridine rings is 1. The van der Waals surface area contributed by atoms with Crippen molar-refractivity contribution in [2.75, 3.05) is 18.1 Å². The number of rotatable bonds is 5. The zero-order chi connectivity index (χ0) is 13.0. The van der Waals surface area contributed by atoms with Gasteiger partial charge in [-0.05, 0) is 31.4 Å². The maximum absolute atomic E-state index is 9.18. The SMILES string of the molecule is N/C(=N/O)c1ncccc1N(CCO)C1CCC1. The molecule has 0 unspecified atom stereocenters. The minimum atomic E-state index is -0.00661. The van der Waals surface area contributed by atoms with E-state index in [1.807, 2.05) is 12.1 Å². The molecule has 0 aliphatic heterocycles. The molecule has 0 amide bonds. The minimum absolute atomic E-state index is 0.00661. The summed E-state index contributed by atoms with van der Waals surface area (Å²) < 4.78 is 0. The summed E-state index contributed by atoms with van der Waals surface area (Å²) in [5.74, 6) is -0.00661. The number of aromatic nitrogens is 1. The zero-order valence-corrected chi connectivity index (χ0v) is 10.2. The van der Waals surface area contributed by atoms with Crippen LogP contribution in [0, 0.1) is 0 Å². The summed E-state index contributed by atoms with van der Waals surface area (Å²) in [5, 5.41) is 21.0. The quantitative estimate of drug-likeness (QED) is 0.306. The molecule has 1 aliphatic rings. The Morgan fingerprint density at radius 3 is 2.89 bits per heavy atom. The average molecular weight is 250 g/mol. The van der Waals surface area contributed by atoms with Crippen molar-refractivity contribution in [1.29, 1.82) is 0 Å². The number of aliphatic hydroxyl groups is 1. The predicted octanol–water partition coefficient (Wildman–Crippen LogP) is 0.527. The number of hydrogen-bond donors (Lipinski definition) is 3. The Labute approximate surface area is 106 Å². The first kappa shape index (κ1) is 12.6. The van der Waals surface area contributed by atoms with E-state index >= 15 is 0 Å². The van der Waals surface area contributed by atoms with Gasteiger partial charge in [0, 0.05) is 18.8 Å². The minimum Gasteiger partial charge on any atom is -0.409 e. The normalized spacial score (nSPS) is 16.4. The van der Waals surface area contributed by atoms with Gasteiger partial charge in [-0.3, -0.25) is 4.98 Å². The van der Waals surface area contributed by atoms with Crippen LogP contribution in [0.4, 0.5) is 5.69 Å². The van der Waals surface area contributed by atoms with Gasteiger partial charge in [-0.15, -0.1) is 0 Å². The molecule has 1 fully saturated rings. The monoisotopic (exact) mass is 250 g/mol. The molecule has 1 saturated carbocycles. The highest BCUT2D eigenvalue weighted by Gasteiger charge is 2.27. The highest BCUT2D eigenvalue weighted by Crippen LogP contribution is 2.30. The molecular formula is C12H18N4O2. The molecule has 1 heterocycles. The molecule has 1 aromatic rings. The number of nitrogens with zero attached hydrogens (tertiary/aromatic N) is 3. The number of hydrogen-bond acceptors (Lipinski definition) is 5. The van der Waals surface area contributed by atoms with Crippen molar-refractivity contribution < 1.29 is 10.3 Å². The van der Waals surface area contributed by atoms with Crippen LogP contribution < -0.4 is 10.6 Å². The highest BCUT2D eigenvalue weighted by molar-refractivity contribution is 6.00. The van der Waals surface area contributed by atoms with Crippen LogP contribution in [0.3, 0.4) is 0 Å². The molecule has 4 N–H and O–H groups in total. The summed E-state index contributed by atoms with van der Waals surface area (Å²) >= 11 is 0. The number of oxime groups is 1. The van der Waals surface area contributed by atoms with Crippen LogP contribution in [-0.4, -0.2) is 40.3 Å². The Balaban J connectivity index is 2.34. The van der Waals surface area contributed by atoms with Crippen molar-refractivity contribution in [3.63, 3.8) is 0 Å². The molecule has 6 heteroatoms. The number of anilines is 1. The molecule has 0 spiro atoms. The van der Waals surface area contributed by atoms with Gasteiger partial charge in [0.2, 0.25) is 0 Å². The van der Waals surface area contributed by atoms with Crippen LogP contribution in [0.1, 0.15) is 25.0 Å². The molecular weight excluding hydrogens is 232 g/mol. The van der Waals surface area contributed by atoms with Gasteiger partial charge in [-0.25, -0.2) is 0 Å². The third-order valence-corrected chi connectivity index (χ3v) is 3.30. The average Bonchev–Trinajstić information content (AvgIpc) is 2.35. The summed E-state index contributed by atoms with van der Waals surface area (Å²) in [7, 11) is 0. The van der Waals surface area contributed by atoms with Crippen LogP contribution in [0.15, 0.2) is 23.5 Å². The van der Waals surface area contributed by atoms with Gasteiger partial charge in [0.1, 0.15) is 5.69 Å². The molecule has 6 nitrogen and oxygen atoms in total.